The molecule has 0 radical (unpaired) electrons. The van der Waals surface area contributed by atoms with Crippen molar-refractivity contribution in [2.75, 3.05) is 19.8 Å². The normalized spacial score (nSPS) is 19.6. The average molecular weight is 339 g/mol. The summed E-state index contributed by atoms with van der Waals surface area (Å²) >= 11 is 0. The van der Waals surface area contributed by atoms with Gasteiger partial charge in [-0.1, -0.05) is 6.07 Å². The molecule has 2 aliphatic heterocycles. The fourth-order valence-corrected chi connectivity index (χ4v) is 3.39. The van der Waals surface area contributed by atoms with Crippen LogP contribution in [0.4, 0.5) is 0 Å². The lowest BCUT2D eigenvalue weighted by molar-refractivity contribution is 0.0729. The largest absolute Gasteiger partial charge is 0.490 e. The molecule has 1 aromatic carbocycles. The second-order valence-electron chi connectivity index (χ2n) is 6.46. The third-order valence-corrected chi connectivity index (χ3v) is 4.67. The third kappa shape index (κ3) is 3.16. The molecule has 1 saturated heterocycles. The van der Waals surface area contributed by atoms with E-state index in [2.05, 4.69) is 9.97 Å². The van der Waals surface area contributed by atoms with E-state index in [1.54, 1.807) is 12.4 Å². The molecule has 0 N–H and O–H groups in total. The van der Waals surface area contributed by atoms with Gasteiger partial charge < -0.3 is 14.4 Å². The molecule has 0 spiro atoms. The fourth-order valence-electron chi connectivity index (χ4n) is 3.39. The summed E-state index contributed by atoms with van der Waals surface area (Å²) in [6.45, 7) is 3.92. The number of rotatable bonds is 2. The molecule has 1 amide bonds. The Hall–Kier alpha value is -2.63. The van der Waals surface area contributed by atoms with Crippen LogP contribution in [0.15, 0.2) is 30.6 Å². The number of benzene rings is 1. The maximum Gasteiger partial charge on any atom is 0.274 e. The summed E-state index contributed by atoms with van der Waals surface area (Å²) in [5, 5.41) is 0. The number of likely N-dealkylation sites (tertiary alicyclic amines) is 1. The van der Waals surface area contributed by atoms with Crippen LogP contribution in [0.1, 0.15) is 47.1 Å². The number of nitrogens with zero attached hydrogens (tertiary/aromatic N) is 3. The molecule has 4 rings (SSSR count). The quantitative estimate of drug-likeness (QED) is 0.842. The minimum Gasteiger partial charge on any atom is -0.490 e. The number of hydrogen-bond acceptors (Lipinski definition) is 5. The molecule has 0 bridgehead atoms. The molecule has 2 aromatic rings. The molecular formula is C19H21N3O3. The standard InChI is InChI=1S/C19H21N3O3/c1-13-11-21-15(12-20-13)19(23)22-7-2-4-16(22)14-5-6-17-18(10-14)25-9-3-8-24-17/h5-6,10-12,16H,2-4,7-9H2,1H3/t16-/m0/s1. The van der Waals surface area contributed by atoms with Gasteiger partial charge in [-0.05, 0) is 37.5 Å². The number of aryl methyl sites for hydroxylation is 1. The van der Waals surface area contributed by atoms with E-state index in [-0.39, 0.29) is 11.9 Å². The highest BCUT2D eigenvalue weighted by atomic mass is 16.5. The molecule has 0 aliphatic carbocycles. The van der Waals surface area contributed by atoms with E-state index in [9.17, 15) is 4.79 Å². The van der Waals surface area contributed by atoms with Gasteiger partial charge in [0.15, 0.2) is 11.5 Å². The Morgan fingerprint density at radius 2 is 1.96 bits per heavy atom. The van der Waals surface area contributed by atoms with Crippen LogP contribution in [0.5, 0.6) is 11.5 Å². The van der Waals surface area contributed by atoms with Crippen LogP contribution in [0.3, 0.4) is 0 Å². The number of fused-ring (bicyclic) bond motifs is 1. The molecule has 6 heteroatoms. The first kappa shape index (κ1) is 15.9. The van der Waals surface area contributed by atoms with E-state index < -0.39 is 0 Å². The topological polar surface area (TPSA) is 64.6 Å². The fraction of sp³-hybridized carbons (Fsp3) is 0.421. The van der Waals surface area contributed by atoms with Gasteiger partial charge in [0.05, 0.1) is 31.1 Å². The van der Waals surface area contributed by atoms with Crippen molar-refractivity contribution in [1.29, 1.82) is 0 Å². The Morgan fingerprint density at radius 3 is 2.76 bits per heavy atom. The SMILES string of the molecule is Cc1cnc(C(=O)N2CCC[C@H]2c2ccc3c(c2)OCCCO3)cn1. The van der Waals surface area contributed by atoms with Crippen molar-refractivity contribution in [3.05, 3.63) is 47.5 Å². The highest BCUT2D eigenvalue weighted by Crippen LogP contribution is 2.38. The number of ether oxygens (including phenoxy) is 2. The summed E-state index contributed by atoms with van der Waals surface area (Å²) < 4.78 is 11.5. The van der Waals surface area contributed by atoms with Crippen LogP contribution < -0.4 is 9.47 Å². The van der Waals surface area contributed by atoms with Gasteiger partial charge in [-0.25, -0.2) is 4.98 Å². The zero-order chi connectivity index (χ0) is 17.2. The Labute approximate surface area is 146 Å². The molecule has 3 heterocycles. The Kier molecular flexibility index (Phi) is 4.26. The minimum atomic E-state index is -0.0675. The van der Waals surface area contributed by atoms with Gasteiger partial charge in [0, 0.05) is 19.2 Å². The highest BCUT2D eigenvalue weighted by molar-refractivity contribution is 5.92. The van der Waals surface area contributed by atoms with E-state index in [0.29, 0.717) is 18.9 Å². The monoisotopic (exact) mass is 339 g/mol. The van der Waals surface area contributed by atoms with Gasteiger partial charge in [-0.15, -0.1) is 0 Å². The first-order chi connectivity index (χ1) is 12.2. The van der Waals surface area contributed by atoms with Crippen LogP contribution in [0.2, 0.25) is 0 Å². The lowest BCUT2D eigenvalue weighted by Gasteiger charge is -2.25. The highest BCUT2D eigenvalue weighted by Gasteiger charge is 2.32. The van der Waals surface area contributed by atoms with E-state index in [0.717, 1.165) is 48.6 Å². The van der Waals surface area contributed by atoms with Crippen LogP contribution in [0.25, 0.3) is 0 Å². The number of aromatic nitrogens is 2. The van der Waals surface area contributed by atoms with Crippen molar-refractivity contribution in [3.63, 3.8) is 0 Å². The molecule has 25 heavy (non-hydrogen) atoms. The van der Waals surface area contributed by atoms with Crippen LogP contribution in [0, 0.1) is 6.92 Å². The molecule has 2 aliphatic rings. The van der Waals surface area contributed by atoms with Crippen molar-refractivity contribution in [3.8, 4) is 11.5 Å². The molecule has 6 nitrogen and oxygen atoms in total. The Balaban J connectivity index is 1.60. The maximum atomic E-state index is 12.9. The lowest BCUT2D eigenvalue weighted by Crippen LogP contribution is -2.31. The van der Waals surface area contributed by atoms with Crippen LogP contribution in [-0.4, -0.2) is 40.5 Å². The predicted molar refractivity (Wildman–Crippen MR) is 91.8 cm³/mol. The zero-order valence-corrected chi connectivity index (χ0v) is 14.3. The number of carbonyl (C=O) groups is 1. The molecule has 0 unspecified atom stereocenters. The van der Waals surface area contributed by atoms with E-state index in [1.807, 2.05) is 30.0 Å². The van der Waals surface area contributed by atoms with Gasteiger partial charge in [-0.2, -0.15) is 0 Å². The van der Waals surface area contributed by atoms with Crippen LogP contribution in [-0.2, 0) is 0 Å². The predicted octanol–water partition coefficient (Wildman–Crippen LogP) is 2.92. The second kappa shape index (κ2) is 6.70. The molecule has 1 fully saturated rings. The van der Waals surface area contributed by atoms with Crippen molar-refractivity contribution in [1.82, 2.24) is 14.9 Å². The lowest BCUT2D eigenvalue weighted by atomic mass is 10.0. The van der Waals surface area contributed by atoms with Crippen molar-refractivity contribution in [2.45, 2.75) is 32.2 Å². The molecule has 1 aromatic heterocycles. The average Bonchev–Trinajstić information content (AvgIpc) is 3.00. The Bertz CT molecular complexity index is 776. The van der Waals surface area contributed by atoms with Gasteiger partial charge in [0.25, 0.3) is 5.91 Å². The second-order valence-corrected chi connectivity index (χ2v) is 6.46. The Morgan fingerprint density at radius 1 is 1.12 bits per heavy atom. The third-order valence-electron chi connectivity index (χ3n) is 4.67. The number of hydrogen-bond donors (Lipinski definition) is 0. The molecule has 130 valence electrons. The van der Waals surface area contributed by atoms with Gasteiger partial charge in [0.1, 0.15) is 5.69 Å². The summed E-state index contributed by atoms with van der Waals surface area (Å²) in [5.41, 5.74) is 2.28. The summed E-state index contributed by atoms with van der Waals surface area (Å²) in [6, 6.07) is 6.03. The van der Waals surface area contributed by atoms with E-state index >= 15 is 0 Å². The maximum absolute atomic E-state index is 12.9. The van der Waals surface area contributed by atoms with Gasteiger partial charge >= 0.3 is 0 Å². The van der Waals surface area contributed by atoms with Crippen molar-refractivity contribution in [2.24, 2.45) is 0 Å². The van der Waals surface area contributed by atoms with Crippen LogP contribution >= 0.6 is 0 Å². The van der Waals surface area contributed by atoms with Crippen molar-refractivity contribution >= 4 is 5.91 Å². The summed E-state index contributed by atoms with van der Waals surface area (Å²) in [4.78, 5) is 23.2. The summed E-state index contributed by atoms with van der Waals surface area (Å²) in [6.07, 6.45) is 5.98. The number of amides is 1. The van der Waals surface area contributed by atoms with Gasteiger partial charge in [0.2, 0.25) is 0 Å². The number of carbonyl (C=O) groups excluding carboxylic acids is 1. The summed E-state index contributed by atoms with van der Waals surface area (Å²) in [7, 11) is 0. The summed E-state index contributed by atoms with van der Waals surface area (Å²) in [5.74, 6) is 1.48. The van der Waals surface area contributed by atoms with Gasteiger partial charge in [-0.3, -0.25) is 9.78 Å². The smallest absolute Gasteiger partial charge is 0.274 e. The van der Waals surface area contributed by atoms with Crippen molar-refractivity contribution < 1.29 is 14.3 Å². The first-order valence-electron chi connectivity index (χ1n) is 8.71. The zero-order valence-electron chi connectivity index (χ0n) is 14.3. The van der Waals surface area contributed by atoms with E-state index in [1.165, 1.54) is 0 Å². The molecule has 1 atom stereocenters. The molecular weight excluding hydrogens is 318 g/mol. The minimum absolute atomic E-state index is 0.0350. The molecule has 0 saturated carbocycles. The van der Waals surface area contributed by atoms with E-state index in [4.69, 9.17) is 9.47 Å². The first-order valence-corrected chi connectivity index (χ1v) is 8.71.